The number of allylic oxidation sites excluding steroid dienone is 1. The Hall–Kier alpha value is -1.74. The maximum Gasteiger partial charge on any atom is 0.313 e. The van der Waals surface area contributed by atoms with Gasteiger partial charge in [-0.2, -0.15) is 0 Å². The first-order valence-electron chi connectivity index (χ1n) is 11.9. The minimum absolute atomic E-state index is 0.00912. The largest absolute Gasteiger partial charge is 0.726 e. The molecule has 2 saturated heterocycles. The molecule has 3 aliphatic rings. The molecule has 2 aliphatic heterocycles. The molecular formula is C25H37NO6S. The highest BCUT2D eigenvalue weighted by Crippen LogP contribution is 2.44. The van der Waals surface area contributed by atoms with Crippen LogP contribution in [-0.4, -0.2) is 61.8 Å². The third-order valence-corrected chi connectivity index (χ3v) is 8.31. The number of piperidine rings is 1. The summed E-state index contributed by atoms with van der Waals surface area (Å²) in [5, 5.41) is 0. The van der Waals surface area contributed by atoms with Crippen LogP contribution in [0.1, 0.15) is 64.4 Å². The summed E-state index contributed by atoms with van der Waals surface area (Å²) < 4.78 is 38.3. The second-order valence-corrected chi connectivity index (χ2v) is 11.0. The molecule has 4 rings (SSSR count). The van der Waals surface area contributed by atoms with Crippen LogP contribution in [0.25, 0.3) is 5.57 Å². The normalized spacial score (nSPS) is 31.4. The second kappa shape index (κ2) is 10.7. The van der Waals surface area contributed by atoms with Crippen molar-refractivity contribution in [1.29, 1.82) is 0 Å². The van der Waals surface area contributed by atoms with Crippen molar-refractivity contribution in [3.63, 3.8) is 0 Å². The molecule has 1 aromatic carbocycles. The van der Waals surface area contributed by atoms with Gasteiger partial charge in [-0.25, -0.2) is 8.42 Å². The summed E-state index contributed by atoms with van der Waals surface area (Å²) in [6.07, 6.45) is 10.1. The predicted molar refractivity (Wildman–Crippen MR) is 126 cm³/mol. The van der Waals surface area contributed by atoms with Gasteiger partial charge in [0.05, 0.1) is 38.2 Å². The number of rotatable bonds is 5. The number of nitrogens with zero attached hydrogens (tertiary/aromatic N) is 1. The van der Waals surface area contributed by atoms with Crippen molar-refractivity contribution < 1.29 is 31.2 Å². The van der Waals surface area contributed by atoms with Crippen LogP contribution in [-0.2, 0) is 24.1 Å². The molecule has 0 radical (unpaired) electrons. The monoisotopic (exact) mass is 479 g/mol. The summed E-state index contributed by atoms with van der Waals surface area (Å²) in [6.45, 7) is 4.69. The topological polar surface area (TPSA) is 92.7 Å². The van der Waals surface area contributed by atoms with Crippen molar-refractivity contribution in [2.24, 2.45) is 5.92 Å². The lowest BCUT2D eigenvalue weighted by atomic mass is 9.83. The predicted octanol–water partition coefficient (Wildman–Crippen LogP) is 4.05. The average molecular weight is 480 g/mol. The number of carbonyl (C=O) groups is 1. The molecule has 2 bridgehead atoms. The number of benzene rings is 1. The van der Waals surface area contributed by atoms with Crippen LogP contribution in [0.3, 0.4) is 0 Å². The first-order valence-corrected chi connectivity index (χ1v) is 13.2. The van der Waals surface area contributed by atoms with E-state index >= 15 is 0 Å². The SMILES string of the molecule is CC(C)[N+]1(C)C2CCC1CC(OC(=O)C1CCCC=C1c1ccccc1)C2.COS(=O)(=O)[O-]. The van der Waals surface area contributed by atoms with Crippen molar-refractivity contribution in [3.05, 3.63) is 42.0 Å². The van der Waals surface area contributed by atoms with Crippen molar-refractivity contribution in [1.82, 2.24) is 0 Å². The fourth-order valence-corrected chi connectivity index (χ4v) is 5.89. The van der Waals surface area contributed by atoms with Crippen molar-refractivity contribution in [2.75, 3.05) is 14.2 Å². The van der Waals surface area contributed by atoms with Gasteiger partial charge in [0.25, 0.3) is 0 Å². The van der Waals surface area contributed by atoms with Gasteiger partial charge in [-0.05, 0) is 44.2 Å². The van der Waals surface area contributed by atoms with Gasteiger partial charge in [0.2, 0.25) is 10.4 Å². The van der Waals surface area contributed by atoms with E-state index in [2.05, 4.69) is 55.4 Å². The van der Waals surface area contributed by atoms with Crippen LogP contribution < -0.4 is 0 Å². The van der Waals surface area contributed by atoms with Crippen LogP contribution in [0.4, 0.5) is 0 Å². The third kappa shape index (κ3) is 6.04. The molecule has 3 unspecified atom stereocenters. The van der Waals surface area contributed by atoms with Gasteiger partial charge in [0.15, 0.2) is 0 Å². The molecule has 0 N–H and O–H groups in total. The van der Waals surface area contributed by atoms with E-state index in [9.17, 15) is 17.8 Å². The summed E-state index contributed by atoms with van der Waals surface area (Å²) in [7, 11) is -1.19. The van der Waals surface area contributed by atoms with Crippen LogP contribution >= 0.6 is 0 Å². The van der Waals surface area contributed by atoms with E-state index in [1.807, 2.05) is 6.07 Å². The van der Waals surface area contributed by atoms with Crippen molar-refractivity contribution in [3.8, 4) is 0 Å². The fourth-order valence-electron chi connectivity index (χ4n) is 5.89. The number of carbonyl (C=O) groups excluding carboxylic acids is 1. The fraction of sp³-hybridized carbons (Fsp3) is 0.640. The number of quaternary nitrogens is 1. The summed E-state index contributed by atoms with van der Waals surface area (Å²) >= 11 is 0. The average Bonchev–Trinajstić information content (AvgIpc) is 2.96. The molecule has 2 fully saturated rings. The molecule has 1 aliphatic carbocycles. The standard InChI is InChI=1S/C24H34NO2.CH4O4S/c1-17(2)25(3)19-13-14-20(25)16-21(15-19)27-24(26)23-12-8-7-11-22(23)18-9-5-4-6-10-18;1-5-6(2,3)4/h4-6,9-11,17,19-21,23H,7-8,12-16H2,1-3H3;1H3,(H,2,3,4)/q+1;/p-1. The summed E-state index contributed by atoms with van der Waals surface area (Å²) in [6, 6.07) is 12.3. The summed E-state index contributed by atoms with van der Waals surface area (Å²) in [4.78, 5) is 13.1. The molecule has 3 atom stereocenters. The Morgan fingerprint density at radius 1 is 1.09 bits per heavy atom. The smallest absolute Gasteiger partial charge is 0.313 e. The van der Waals surface area contributed by atoms with Gasteiger partial charge >= 0.3 is 5.97 Å². The van der Waals surface area contributed by atoms with Gasteiger partial charge in [-0.1, -0.05) is 36.4 Å². The van der Waals surface area contributed by atoms with Crippen molar-refractivity contribution in [2.45, 2.75) is 83.0 Å². The van der Waals surface area contributed by atoms with Crippen LogP contribution in [0.5, 0.6) is 0 Å². The highest BCUT2D eigenvalue weighted by molar-refractivity contribution is 7.80. The Balaban J connectivity index is 0.000000454. The Labute approximate surface area is 198 Å². The molecule has 0 spiro atoms. The summed E-state index contributed by atoms with van der Waals surface area (Å²) in [5.41, 5.74) is 2.35. The Bertz CT molecular complexity index is 929. The number of hydrogen-bond donors (Lipinski definition) is 0. The van der Waals surface area contributed by atoms with Gasteiger partial charge in [-0.15, -0.1) is 0 Å². The highest BCUT2D eigenvalue weighted by Gasteiger charge is 2.53. The zero-order valence-corrected chi connectivity index (χ0v) is 20.9. The summed E-state index contributed by atoms with van der Waals surface area (Å²) in [5.74, 6) is -0.0819. The van der Waals surface area contributed by atoms with E-state index in [1.165, 1.54) is 28.5 Å². The lowest BCUT2D eigenvalue weighted by Gasteiger charge is -2.49. The van der Waals surface area contributed by atoms with Gasteiger partial charge in [0.1, 0.15) is 6.10 Å². The van der Waals surface area contributed by atoms with Crippen LogP contribution in [0.15, 0.2) is 36.4 Å². The first kappa shape index (κ1) is 25.9. The van der Waals surface area contributed by atoms with E-state index in [0.717, 1.165) is 39.2 Å². The molecule has 7 nitrogen and oxygen atoms in total. The molecular weight excluding hydrogens is 442 g/mol. The van der Waals surface area contributed by atoms with Gasteiger partial charge in [-0.3, -0.25) is 8.98 Å². The van der Waals surface area contributed by atoms with Crippen LogP contribution in [0, 0.1) is 5.92 Å². The van der Waals surface area contributed by atoms with E-state index in [-0.39, 0.29) is 18.0 Å². The highest BCUT2D eigenvalue weighted by atomic mass is 32.3. The number of ether oxygens (including phenoxy) is 1. The number of fused-ring (bicyclic) bond motifs is 2. The molecule has 184 valence electrons. The maximum atomic E-state index is 13.1. The molecule has 8 heteroatoms. The molecule has 0 saturated carbocycles. The van der Waals surface area contributed by atoms with Gasteiger partial charge < -0.3 is 13.8 Å². The first-order chi connectivity index (χ1) is 15.6. The minimum atomic E-state index is -4.41. The molecule has 2 heterocycles. The molecule has 0 aromatic heterocycles. The van der Waals surface area contributed by atoms with Gasteiger partial charge in [0, 0.05) is 25.7 Å². The minimum Gasteiger partial charge on any atom is -0.726 e. The van der Waals surface area contributed by atoms with Crippen LogP contribution in [0.2, 0.25) is 0 Å². The molecule has 33 heavy (non-hydrogen) atoms. The second-order valence-electron chi connectivity index (χ2n) is 9.81. The Morgan fingerprint density at radius 3 is 2.18 bits per heavy atom. The quantitative estimate of drug-likeness (QED) is 0.274. The van der Waals surface area contributed by atoms with Crippen molar-refractivity contribution >= 4 is 21.9 Å². The number of esters is 1. The lowest BCUT2D eigenvalue weighted by molar-refractivity contribution is -0.968. The number of hydrogen-bond acceptors (Lipinski definition) is 6. The molecule has 1 aromatic rings. The van der Waals surface area contributed by atoms with E-state index < -0.39 is 10.4 Å². The molecule has 0 amide bonds. The zero-order chi connectivity index (χ0) is 24.2. The lowest BCUT2D eigenvalue weighted by Crippen LogP contribution is -2.62. The zero-order valence-electron chi connectivity index (χ0n) is 20.1. The Kier molecular flexibility index (Phi) is 8.37. The van der Waals surface area contributed by atoms with E-state index in [1.54, 1.807) is 0 Å². The maximum absolute atomic E-state index is 13.1. The Morgan fingerprint density at radius 2 is 1.67 bits per heavy atom. The van der Waals surface area contributed by atoms with E-state index in [4.69, 9.17) is 4.74 Å². The third-order valence-electron chi connectivity index (χ3n) is 7.90. The van der Waals surface area contributed by atoms with E-state index in [0.29, 0.717) is 18.1 Å².